The van der Waals surface area contributed by atoms with Crippen molar-refractivity contribution < 1.29 is 19.5 Å². The first-order valence-electron chi connectivity index (χ1n) is 6.91. The van der Waals surface area contributed by atoms with E-state index < -0.39 is 12.1 Å². The fraction of sp³-hybridized carbons (Fsp3) is 0.769. The van der Waals surface area contributed by atoms with Crippen LogP contribution in [-0.4, -0.2) is 77.0 Å². The summed E-state index contributed by atoms with van der Waals surface area (Å²) in [6.45, 7) is -0.233. The highest BCUT2D eigenvalue weighted by atomic mass is 16.3. The molecule has 1 aliphatic heterocycles. The van der Waals surface area contributed by atoms with Crippen LogP contribution in [-0.2, 0) is 9.59 Å². The number of amides is 4. The second-order valence-corrected chi connectivity index (χ2v) is 5.54. The molecule has 4 amide bonds. The van der Waals surface area contributed by atoms with Crippen LogP contribution in [0.5, 0.6) is 0 Å². The van der Waals surface area contributed by atoms with Crippen molar-refractivity contribution in [3.05, 3.63) is 0 Å². The Hall–Kier alpha value is -1.63. The van der Waals surface area contributed by atoms with Crippen molar-refractivity contribution in [2.45, 2.75) is 37.8 Å². The molecule has 0 bridgehead atoms. The number of aliphatic hydroxyl groups excluding tert-OH is 1. The van der Waals surface area contributed by atoms with Gasteiger partial charge in [-0.1, -0.05) is 12.8 Å². The molecule has 2 rings (SSSR count). The molecule has 1 aliphatic carbocycles. The van der Waals surface area contributed by atoms with Gasteiger partial charge in [0, 0.05) is 14.1 Å². The number of hydrogen-bond donors (Lipinski definition) is 1. The second-order valence-electron chi connectivity index (χ2n) is 5.54. The van der Waals surface area contributed by atoms with E-state index in [1.165, 1.54) is 16.8 Å². The highest BCUT2D eigenvalue weighted by molar-refractivity contribution is 6.04. The van der Waals surface area contributed by atoms with Crippen LogP contribution in [0.25, 0.3) is 0 Å². The van der Waals surface area contributed by atoms with E-state index in [4.69, 9.17) is 0 Å². The van der Waals surface area contributed by atoms with Gasteiger partial charge in [0.2, 0.25) is 5.91 Å². The zero-order valence-electron chi connectivity index (χ0n) is 11.9. The lowest BCUT2D eigenvalue weighted by atomic mass is 9.91. The van der Waals surface area contributed by atoms with Gasteiger partial charge in [0.1, 0.15) is 13.1 Å². The Morgan fingerprint density at radius 1 is 1.35 bits per heavy atom. The quantitative estimate of drug-likeness (QED) is 0.717. The van der Waals surface area contributed by atoms with Crippen molar-refractivity contribution in [3.63, 3.8) is 0 Å². The van der Waals surface area contributed by atoms with Crippen molar-refractivity contribution >= 4 is 17.8 Å². The summed E-state index contributed by atoms with van der Waals surface area (Å²) < 4.78 is 0. The molecule has 1 saturated heterocycles. The number of carbonyl (C=O) groups is 3. The summed E-state index contributed by atoms with van der Waals surface area (Å²) in [5.41, 5.74) is 0. The summed E-state index contributed by atoms with van der Waals surface area (Å²) in [5, 5.41) is 9.95. The van der Waals surface area contributed by atoms with E-state index in [1.807, 2.05) is 0 Å². The van der Waals surface area contributed by atoms with Crippen LogP contribution in [0, 0.1) is 0 Å². The van der Waals surface area contributed by atoms with Crippen LogP contribution < -0.4 is 0 Å². The zero-order valence-corrected chi connectivity index (χ0v) is 11.9. The highest BCUT2D eigenvalue weighted by Crippen LogP contribution is 2.22. The van der Waals surface area contributed by atoms with Crippen LogP contribution in [0.1, 0.15) is 25.7 Å². The van der Waals surface area contributed by atoms with Crippen molar-refractivity contribution in [3.8, 4) is 0 Å². The van der Waals surface area contributed by atoms with Crippen LogP contribution in [0.3, 0.4) is 0 Å². The van der Waals surface area contributed by atoms with E-state index in [0.29, 0.717) is 6.42 Å². The van der Waals surface area contributed by atoms with E-state index in [2.05, 4.69) is 0 Å². The van der Waals surface area contributed by atoms with E-state index >= 15 is 0 Å². The molecular formula is C13H21N3O4. The number of imide groups is 1. The standard InChI is InChI=1S/C13H21N3O4/c1-14-7-12(19)16(13(14)20)8-11(18)15(2)9-5-3-4-6-10(9)17/h9-10,17H,3-8H2,1-2H3. The minimum atomic E-state index is -0.523. The smallest absolute Gasteiger partial charge is 0.327 e. The number of urea groups is 1. The zero-order chi connectivity index (χ0) is 14.9. The molecule has 0 aromatic rings. The minimum Gasteiger partial charge on any atom is -0.391 e. The first-order valence-corrected chi connectivity index (χ1v) is 6.91. The maximum atomic E-state index is 12.2. The fourth-order valence-corrected chi connectivity index (χ4v) is 2.80. The summed E-state index contributed by atoms with van der Waals surface area (Å²) in [6.07, 6.45) is 2.86. The topological polar surface area (TPSA) is 81.2 Å². The molecule has 1 N–H and O–H groups in total. The Labute approximate surface area is 118 Å². The molecule has 1 heterocycles. The van der Waals surface area contributed by atoms with E-state index in [9.17, 15) is 19.5 Å². The van der Waals surface area contributed by atoms with Crippen LogP contribution in [0.4, 0.5) is 4.79 Å². The first kappa shape index (κ1) is 14.8. The summed E-state index contributed by atoms with van der Waals surface area (Å²) in [7, 11) is 3.15. The molecule has 7 nitrogen and oxygen atoms in total. The lowest BCUT2D eigenvalue weighted by Gasteiger charge is -2.35. The Bertz CT molecular complexity index is 426. The number of rotatable bonds is 3. The van der Waals surface area contributed by atoms with Gasteiger partial charge in [-0.25, -0.2) is 4.79 Å². The largest absolute Gasteiger partial charge is 0.391 e. The monoisotopic (exact) mass is 283 g/mol. The molecule has 2 aliphatic rings. The molecule has 20 heavy (non-hydrogen) atoms. The normalized spacial score (nSPS) is 27.1. The molecule has 0 aromatic carbocycles. The molecule has 2 unspecified atom stereocenters. The SMILES string of the molecule is CN1CC(=O)N(CC(=O)N(C)C2CCCCC2O)C1=O. The number of carbonyl (C=O) groups excluding carboxylic acids is 3. The van der Waals surface area contributed by atoms with Gasteiger partial charge in [0.05, 0.1) is 12.1 Å². The number of likely N-dealkylation sites (N-methyl/N-ethyl adjacent to an activating group) is 2. The predicted octanol–water partition coefficient (Wildman–Crippen LogP) is -0.358. The molecule has 2 atom stereocenters. The van der Waals surface area contributed by atoms with Crippen LogP contribution in [0.2, 0.25) is 0 Å². The van der Waals surface area contributed by atoms with Gasteiger partial charge in [-0.3, -0.25) is 14.5 Å². The number of hydrogen-bond acceptors (Lipinski definition) is 4. The van der Waals surface area contributed by atoms with E-state index in [1.54, 1.807) is 7.05 Å². The average molecular weight is 283 g/mol. The van der Waals surface area contributed by atoms with Gasteiger partial charge in [-0.15, -0.1) is 0 Å². The Balaban J connectivity index is 1.97. The van der Waals surface area contributed by atoms with Gasteiger partial charge < -0.3 is 14.9 Å². The fourth-order valence-electron chi connectivity index (χ4n) is 2.80. The van der Waals surface area contributed by atoms with Gasteiger partial charge in [-0.05, 0) is 12.8 Å². The van der Waals surface area contributed by atoms with Crippen molar-refractivity contribution in [1.29, 1.82) is 0 Å². The summed E-state index contributed by atoms with van der Waals surface area (Å²) in [5.74, 6) is -0.670. The van der Waals surface area contributed by atoms with E-state index in [0.717, 1.165) is 24.2 Å². The van der Waals surface area contributed by atoms with Crippen molar-refractivity contribution in [2.24, 2.45) is 0 Å². The highest BCUT2D eigenvalue weighted by Gasteiger charge is 2.37. The Morgan fingerprint density at radius 2 is 2.00 bits per heavy atom. The molecular weight excluding hydrogens is 262 g/mol. The second kappa shape index (κ2) is 5.78. The molecule has 2 fully saturated rings. The summed E-state index contributed by atoms with van der Waals surface area (Å²) >= 11 is 0. The maximum Gasteiger partial charge on any atom is 0.327 e. The van der Waals surface area contributed by atoms with Crippen molar-refractivity contribution in [1.82, 2.24) is 14.7 Å². The van der Waals surface area contributed by atoms with E-state index in [-0.39, 0.29) is 30.9 Å². The average Bonchev–Trinajstić information content (AvgIpc) is 2.65. The number of nitrogens with zero attached hydrogens (tertiary/aromatic N) is 3. The molecule has 7 heteroatoms. The lowest BCUT2D eigenvalue weighted by molar-refractivity contribution is -0.139. The van der Waals surface area contributed by atoms with Gasteiger partial charge >= 0.3 is 6.03 Å². The third kappa shape index (κ3) is 2.77. The first-order chi connectivity index (χ1) is 9.41. The van der Waals surface area contributed by atoms with Crippen molar-refractivity contribution in [2.75, 3.05) is 27.2 Å². The third-order valence-electron chi connectivity index (χ3n) is 4.11. The summed E-state index contributed by atoms with van der Waals surface area (Å²) in [6, 6.07) is -0.664. The Morgan fingerprint density at radius 3 is 2.55 bits per heavy atom. The Kier molecular flexibility index (Phi) is 4.27. The minimum absolute atomic E-state index is 0.0158. The molecule has 0 spiro atoms. The molecule has 0 aromatic heterocycles. The molecule has 1 saturated carbocycles. The maximum absolute atomic E-state index is 12.2. The summed E-state index contributed by atoms with van der Waals surface area (Å²) in [4.78, 5) is 39.3. The van der Waals surface area contributed by atoms with Crippen LogP contribution >= 0.6 is 0 Å². The van der Waals surface area contributed by atoms with Gasteiger partial charge in [0.25, 0.3) is 5.91 Å². The molecule has 112 valence electrons. The van der Waals surface area contributed by atoms with Gasteiger partial charge in [0.15, 0.2) is 0 Å². The number of aliphatic hydroxyl groups is 1. The van der Waals surface area contributed by atoms with Gasteiger partial charge in [-0.2, -0.15) is 0 Å². The third-order valence-corrected chi connectivity index (χ3v) is 4.11. The lowest BCUT2D eigenvalue weighted by Crippen LogP contribution is -2.50. The molecule has 0 radical (unpaired) electrons. The van der Waals surface area contributed by atoms with Crippen LogP contribution in [0.15, 0.2) is 0 Å². The predicted molar refractivity (Wildman–Crippen MR) is 70.8 cm³/mol.